The van der Waals surface area contributed by atoms with Gasteiger partial charge in [0.05, 0.1) is 18.1 Å². The van der Waals surface area contributed by atoms with Crippen LogP contribution in [-0.2, 0) is 9.53 Å². The summed E-state index contributed by atoms with van der Waals surface area (Å²) in [5, 5.41) is 3.99. The zero-order chi connectivity index (χ0) is 14.4. The van der Waals surface area contributed by atoms with Crippen molar-refractivity contribution in [1.82, 2.24) is 5.32 Å². The van der Waals surface area contributed by atoms with Gasteiger partial charge in [-0.2, -0.15) is 0 Å². The molecule has 4 bridgehead atoms. The lowest BCUT2D eigenvalue weighted by molar-refractivity contribution is -0.156. The maximum absolute atomic E-state index is 12.9. The highest BCUT2D eigenvalue weighted by Gasteiger charge is 2.58. The fourth-order valence-electron chi connectivity index (χ4n) is 5.65. The van der Waals surface area contributed by atoms with Gasteiger partial charge in [0, 0.05) is 12.4 Å². The van der Waals surface area contributed by atoms with Crippen LogP contribution in [0, 0.1) is 22.7 Å². The predicted molar refractivity (Wildman–Crippen MR) is 82.8 cm³/mol. The summed E-state index contributed by atoms with van der Waals surface area (Å²) >= 11 is 3.47. The van der Waals surface area contributed by atoms with Crippen LogP contribution in [0.3, 0.4) is 0 Å². The van der Waals surface area contributed by atoms with Crippen molar-refractivity contribution in [2.75, 3.05) is 19.0 Å². The Balaban J connectivity index is 1.74. The quantitative estimate of drug-likeness (QED) is 0.779. The van der Waals surface area contributed by atoms with E-state index in [9.17, 15) is 4.79 Å². The first kappa shape index (κ1) is 14.8. The second-order valence-electron chi connectivity index (χ2n) is 7.83. The number of carbonyl (C=O) groups is 1. The van der Waals surface area contributed by atoms with Crippen LogP contribution in [0.15, 0.2) is 0 Å². The summed E-state index contributed by atoms with van der Waals surface area (Å²) in [6.07, 6.45) is 7.39. The highest BCUT2D eigenvalue weighted by molar-refractivity contribution is 9.09. The van der Waals surface area contributed by atoms with Gasteiger partial charge in [0.2, 0.25) is 5.91 Å². The third-order valence-electron chi connectivity index (χ3n) is 5.72. The van der Waals surface area contributed by atoms with Gasteiger partial charge in [-0.25, -0.2) is 0 Å². The van der Waals surface area contributed by atoms with E-state index in [0.717, 1.165) is 36.4 Å². The van der Waals surface area contributed by atoms with Crippen LogP contribution in [0.4, 0.5) is 0 Å². The second kappa shape index (κ2) is 5.28. The molecule has 3 nitrogen and oxygen atoms in total. The molecule has 4 heteroatoms. The first-order chi connectivity index (χ1) is 9.48. The van der Waals surface area contributed by atoms with Crippen molar-refractivity contribution in [2.45, 2.75) is 51.5 Å². The smallest absolute Gasteiger partial charge is 0.226 e. The van der Waals surface area contributed by atoms with Gasteiger partial charge in [-0.1, -0.05) is 22.9 Å². The zero-order valence-corrected chi connectivity index (χ0v) is 14.2. The summed E-state index contributed by atoms with van der Waals surface area (Å²) in [5.41, 5.74) is 0.347. The lowest BCUT2D eigenvalue weighted by Crippen LogP contribution is -2.58. The Labute approximate surface area is 130 Å². The van der Waals surface area contributed by atoms with E-state index in [0.29, 0.717) is 17.9 Å². The number of ether oxygens (including phenoxy) is 1. The molecule has 4 aliphatic rings. The second-order valence-corrected chi connectivity index (χ2v) is 8.48. The number of nitrogens with one attached hydrogen (secondary N) is 1. The molecule has 0 aromatic rings. The van der Waals surface area contributed by atoms with Crippen LogP contribution in [0.1, 0.15) is 45.4 Å². The van der Waals surface area contributed by atoms with E-state index < -0.39 is 0 Å². The summed E-state index contributed by atoms with van der Waals surface area (Å²) in [6, 6.07) is 0.0910. The molecule has 0 saturated heterocycles. The van der Waals surface area contributed by atoms with Crippen LogP contribution < -0.4 is 5.32 Å². The minimum absolute atomic E-state index is 0.0764. The van der Waals surface area contributed by atoms with E-state index in [-0.39, 0.29) is 11.5 Å². The summed E-state index contributed by atoms with van der Waals surface area (Å²) < 4.78 is 5.19. The largest absolute Gasteiger partial charge is 0.383 e. The molecule has 4 aliphatic carbocycles. The maximum Gasteiger partial charge on any atom is 0.226 e. The average Bonchev–Trinajstić information content (AvgIpc) is 2.35. The molecule has 0 spiro atoms. The van der Waals surface area contributed by atoms with Crippen LogP contribution in [0.2, 0.25) is 0 Å². The number of methoxy groups -OCH3 is 1. The minimum atomic E-state index is -0.0764. The summed E-state index contributed by atoms with van der Waals surface area (Å²) in [4.78, 5) is 12.9. The van der Waals surface area contributed by atoms with E-state index in [1.165, 1.54) is 19.3 Å². The van der Waals surface area contributed by atoms with Gasteiger partial charge in [0.1, 0.15) is 0 Å². The molecule has 0 radical (unpaired) electrons. The topological polar surface area (TPSA) is 38.3 Å². The molecule has 3 atom stereocenters. The number of amides is 1. The molecule has 0 aromatic carbocycles. The number of hydrogen-bond donors (Lipinski definition) is 1. The van der Waals surface area contributed by atoms with E-state index in [1.807, 2.05) is 0 Å². The van der Waals surface area contributed by atoms with Crippen molar-refractivity contribution >= 4 is 21.8 Å². The fraction of sp³-hybridized carbons (Fsp3) is 0.938. The Kier molecular flexibility index (Phi) is 3.91. The highest BCUT2D eigenvalue weighted by Crippen LogP contribution is 2.65. The van der Waals surface area contributed by atoms with E-state index in [1.54, 1.807) is 7.11 Å². The van der Waals surface area contributed by atoms with Crippen molar-refractivity contribution in [3.05, 3.63) is 0 Å². The maximum atomic E-state index is 12.9. The number of carbonyl (C=O) groups excluding carboxylic acids is 1. The predicted octanol–water partition coefficient (Wildman–Crippen LogP) is 3.12. The number of rotatable bonds is 5. The number of hydrogen-bond acceptors (Lipinski definition) is 2. The normalized spacial score (nSPS) is 43.5. The molecule has 20 heavy (non-hydrogen) atoms. The van der Waals surface area contributed by atoms with E-state index in [2.05, 4.69) is 28.2 Å². The van der Waals surface area contributed by atoms with Gasteiger partial charge < -0.3 is 10.1 Å². The monoisotopic (exact) mass is 343 g/mol. The Morgan fingerprint density at radius 1 is 1.35 bits per heavy atom. The van der Waals surface area contributed by atoms with Crippen molar-refractivity contribution in [3.63, 3.8) is 0 Å². The molecule has 4 rings (SSSR count). The molecule has 0 heterocycles. The standard InChI is InChI=1S/C16H26BrNO2/c1-15-4-11-3-12(5-15)7-16(6-11,10-15)14(19)18-13(8-17)9-20-2/h11-13H,3-10H2,1-2H3,(H,18,19). The van der Waals surface area contributed by atoms with Crippen LogP contribution >= 0.6 is 15.9 Å². The first-order valence-corrected chi connectivity index (χ1v) is 8.97. The van der Waals surface area contributed by atoms with Crippen molar-refractivity contribution in [1.29, 1.82) is 0 Å². The van der Waals surface area contributed by atoms with Gasteiger partial charge in [0.15, 0.2) is 0 Å². The van der Waals surface area contributed by atoms with E-state index in [4.69, 9.17) is 4.74 Å². The highest BCUT2D eigenvalue weighted by atomic mass is 79.9. The van der Waals surface area contributed by atoms with Crippen LogP contribution in [-0.4, -0.2) is 31.0 Å². The molecule has 114 valence electrons. The number of halogens is 1. The zero-order valence-electron chi connectivity index (χ0n) is 12.6. The van der Waals surface area contributed by atoms with E-state index >= 15 is 0 Å². The molecule has 0 aliphatic heterocycles. The van der Waals surface area contributed by atoms with Gasteiger partial charge in [-0.05, 0) is 55.8 Å². The average molecular weight is 344 g/mol. The Hall–Kier alpha value is -0.0900. The lowest BCUT2D eigenvalue weighted by Gasteiger charge is -2.60. The Morgan fingerprint density at radius 3 is 2.50 bits per heavy atom. The van der Waals surface area contributed by atoms with Crippen LogP contribution in [0.25, 0.3) is 0 Å². The summed E-state index contributed by atoms with van der Waals surface area (Å²) in [7, 11) is 1.69. The van der Waals surface area contributed by atoms with Crippen LogP contribution in [0.5, 0.6) is 0 Å². The van der Waals surface area contributed by atoms with Crippen molar-refractivity contribution in [2.24, 2.45) is 22.7 Å². The molecule has 0 aromatic heterocycles. The molecule has 1 amide bonds. The van der Waals surface area contributed by atoms with Crippen molar-refractivity contribution < 1.29 is 9.53 Å². The molecule has 3 unspecified atom stereocenters. The molecular weight excluding hydrogens is 318 g/mol. The summed E-state index contributed by atoms with van der Waals surface area (Å²) in [6.45, 7) is 2.99. The Bertz CT molecular complexity index is 384. The first-order valence-electron chi connectivity index (χ1n) is 7.84. The number of alkyl halides is 1. The molecule has 1 N–H and O–H groups in total. The van der Waals surface area contributed by atoms with Crippen molar-refractivity contribution in [3.8, 4) is 0 Å². The van der Waals surface area contributed by atoms with Gasteiger partial charge in [-0.3, -0.25) is 4.79 Å². The van der Waals surface area contributed by atoms with Gasteiger partial charge in [-0.15, -0.1) is 0 Å². The third kappa shape index (κ3) is 2.54. The summed E-state index contributed by atoms with van der Waals surface area (Å²) in [5.74, 6) is 1.87. The minimum Gasteiger partial charge on any atom is -0.383 e. The third-order valence-corrected chi connectivity index (χ3v) is 6.51. The van der Waals surface area contributed by atoms with Gasteiger partial charge in [0.25, 0.3) is 0 Å². The molecule has 4 fully saturated rings. The lowest BCUT2D eigenvalue weighted by atomic mass is 9.44. The Morgan fingerprint density at radius 2 is 2.00 bits per heavy atom. The fourth-order valence-corrected chi connectivity index (χ4v) is 6.00. The molecule has 4 saturated carbocycles. The molecular formula is C16H26BrNO2. The van der Waals surface area contributed by atoms with Gasteiger partial charge >= 0.3 is 0 Å². The SMILES string of the molecule is COCC(CBr)NC(=O)C12CC3CC(CC(C)(C3)C1)C2.